The summed E-state index contributed by atoms with van der Waals surface area (Å²) in [4.78, 5) is 0. The van der Waals surface area contributed by atoms with Gasteiger partial charge in [-0.25, -0.2) is 0 Å². The number of thiocarbonyl (C=S) groups is 1. The third-order valence-corrected chi connectivity index (χ3v) is 11.7. The Morgan fingerprint density at radius 3 is 2.59 bits per heavy atom. The van der Waals surface area contributed by atoms with Crippen LogP contribution in [0.1, 0.15) is 105 Å². The first-order chi connectivity index (χ1) is 15.2. The van der Waals surface area contributed by atoms with Crippen molar-refractivity contribution in [3.8, 4) is 0 Å². The first-order valence-electron chi connectivity index (χ1n) is 13.6. The van der Waals surface area contributed by atoms with Crippen LogP contribution in [0, 0.1) is 46.3 Å². The monoisotopic (exact) mass is 476 g/mol. The highest BCUT2D eigenvalue weighted by atomic mass is 32.2. The summed E-state index contributed by atoms with van der Waals surface area (Å²) in [5, 5.41) is 0. The van der Waals surface area contributed by atoms with E-state index in [2.05, 4.69) is 40.7 Å². The Kier molecular flexibility index (Phi) is 7.78. The third kappa shape index (κ3) is 4.60. The average Bonchev–Trinajstić information content (AvgIpc) is 3.11. The Hall–Kier alpha value is -0.0200. The minimum Gasteiger partial charge on any atom is -0.475 e. The molecular weight excluding hydrogens is 428 g/mol. The van der Waals surface area contributed by atoms with Crippen LogP contribution in [0.3, 0.4) is 0 Å². The quantitative estimate of drug-likeness (QED) is 0.279. The highest BCUT2D eigenvalue weighted by Crippen LogP contribution is 2.67. The first kappa shape index (κ1) is 25.1. The van der Waals surface area contributed by atoms with Gasteiger partial charge in [0.25, 0.3) is 0 Å². The molecular formula is C29H48OS2. The van der Waals surface area contributed by atoms with Crippen molar-refractivity contribution >= 4 is 28.4 Å². The molecule has 0 radical (unpaired) electrons. The molecule has 4 rings (SSSR count). The maximum Gasteiger partial charge on any atom is 0.219 e. The zero-order chi connectivity index (χ0) is 23.1. The highest BCUT2D eigenvalue weighted by molar-refractivity contribution is 8.22. The second-order valence-electron chi connectivity index (χ2n) is 12.7. The van der Waals surface area contributed by atoms with Crippen molar-refractivity contribution in [1.29, 1.82) is 0 Å². The molecule has 0 aliphatic heterocycles. The van der Waals surface area contributed by atoms with E-state index >= 15 is 0 Å². The van der Waals surface area contributed by atoms with E-state index < -0.39 is 0 Å². The van der Waals surface area contributed by atoms with Gasteiger partial charge in [0, 0.05) is 6.42 Å². The third-order valence-electron chi connectivity index (χ3n) is 10.7. The maximum absolute atomic E-state index is 6.10. The highest BCUT2D eigenvalue weighted by Gasteiger charge is 2.59. The smallest absolute Gasteiger partial charge is 0.219 e. The first-order valence-corrected chi connectivity index (χ1v) is 15.3. The van der Waals surface area contributed by atoms with Crippen LogP contribution in [0.5, 0.6) is 0 Å². The van der Waals surface area contributed by atoms with Gasteiger partial charge in [0.05, 0.1) is 0 Å². The molecule has 0 amide bonds. The molecule has 0 aromatic heterocycles. The summed E-state index contributed by atoms with van der Waals surface area (Å²) in [5.74, 6) is 5.47. The fourth-order valence-corrected chi connectivity index (χ4v) is 9.31. The Balaban J connectivity index is 1.45. The second kappa shape index (κ2) is 9.92. The molecule has 3 saturated carbocycles. The van der Waals surface area contributed by atoms with Crippen LogP contribution in [0.4, 0.5) is 0 Å². The van der Waals surface area contributed by atoms with Crippen LogP contribution in [0.15, 0.2) is 11.6 Å². The Morgan fingerprint density at radius 1 is 1.09 bits per heavy atom. The van der Waals surface area contributed by atoms with E-state index in [1.807, 2.05) is 6.26 Å². The molecule has 0 N–H and O–H groups in total. The molecule has 32 heavy (non-hydrogen) atoms. The Bertz CT molecular complexity index is 714. The SMILES string of the molecule is CSC(=S)O[C@H]1CC[C@@]2(C)C(=CC[C@@H]3C2CC[C@]2(C)[C@@H]([C@H](C)CCCC(C)C)CC[C@@H]32)C1. The molecule has 182 valence electrons. The molecule has 1 unspecified atom stereocenters. The topological polar surface area (TPSA) is 9.23 Å². The van der Waals surface area contributed by atoms with Crippen LogP contribution >= 0.6 is 24.0 Å². The van der Waals surface area contributed by atoms with Crippen molar-refractivity contribution in [3.63, 3.8) is 0 Å². The van der Waals surface area contributed by atoms with Gasteiger partial charge in [0.1, 0.15) is 6.10 Å². The predicted molar refractivity (Wildman–Crippen MR) is 144 cm³/mol. The van der Waals surface area contributed by atoms with E-state index in [-0.39, 0.29) is 0 Å². The molecule has 8 atom stereocenters. The largest absolute Gasteiger partial charge is 0.475 e. The van der Waals surface area contributed by atoms with Gasteiger partial charge in [-0.05, 0) is 110 Å². The molecule has 0 aromatic rings. The molecule has 0 heterocycles. The van der Waals surface area contributed by atoms with Crippen LogP contribution < -0.4 is 0 Å². The van der Waals surface area contributed by atoms with Gasteiger partial charge >= 0.3 is 0 Å². The van der Waals surface area contributed by atoms with Crippen molar-refractivity contribution in [2.45, 2.75) is 111 Å². The lowest BCUT2D eigenvalue weighted by molar-refractivity contribution is -0.0561. The van der Waals surface area contributed by atoms with Gasteiger partial charge in [-0.2, -0.15) is 0 Å². The van der Waals surface area contributed by atoms with Crippen molar-refractivity contribution in [2.75, 3.05) is 6.26 Å². The predicted octanol–water partition coefficient (Wildman–Crippen LogP) is 9.06. The summed E-state index contributed by atoms with van der Waals surface area (Å²) in [6.45, 7) is 12.7. The second-order valence-corrected chi connectivity index (χ2v) is 14.1. The summed E-state index contributed by atoms with van der Waals surface area (Å²) < 4.78 is 6.82. The molecule has 0 spiro atoms. The van der Waals surface area contributed by atoms with Gasteiger partial charge in [0.2, 0.25) is 4.38 Å². The maximum atomic E-state index is 6.10. The van der Waals surface area contributed by atoms with Crippen LogP contribution in [0.2, 0.25) is 0 Å². The van der Waals surface area contributed by atoms with Gasteiger partial charge < -0.3 is 4.74 Å². The van der Waals surface area contributed by atoms with Crippen LogP contribution in [-0.2, 0) is 4.74 Å². The fraction of sp³-hybridized carbons (Fsp3) is 0.897. The lowest BCUT2D eigenvalue weighted by atomic mass is 9.47. The van der Waals surface area contributed by atoms with E-state index in [0.29, 0.717) is 16.9 Å². The molecule has 4 aliphatic carbocycles. The van der Waals surface area contributed by atoms with Gasteiger partial charge in [-0.15, -0.1) is 0 Å². The zero-order valence-corrected chi connectivity index (χ0v) is 23.3. The van der Waals surface area contributed by atoms with Crippen molar-refractivity contribution in [1.82, 2.24) is 0 Å². The molecule has 0 aromatic carbocycles. The minimum absolute atomic E-state index is 0.308. The fourth-order valence-electron chi connectivity index (χ4n) is 8.94. The van der Waals surface area contributed by atoms with E-state index in [4.69, 9.17) is 17.0 Å². The Labute approximate surface area is 208 Å². The van der Waals surface area contributed by atoms with E-state index in [1.165, 1.54) is 64.2 Å². The lowest BCUT2D eigenvalue weighted by Crippen LogP contribution is -2.51. The van der Waals surface area contributed by atoms with Crippen molar-refractivity contribution in [2.24, 2.45) is 46.3 Å². The van der Waals surface area contributed by atoms with Crippen molar-refractivity contribution < 1.29 is 4.74 Å². The standard InChI is InChI=1S/C29H48OS2/c1-19(2)8-7-9-20(3)24-12-13-25-23-11-10-21-18-22(30-27(31)32-6)14-16-28(21,4)26(23)15-17-29(24,25)5/h10,19-20,22-26H,7-9,11-18H2,1-6H3/t20-,22+,23+,24-,25+,26?,28+,29-/m1/s1. The summed E-state index contributed by atoms with van der Waals surface area (Å²) >= 11 is 6.93. The molecule has 3 fully saturated rings. The number of hydrogen-bond acceptors (Lipinski definition) is 3. The van der Waals surface area contributed by atoms with E-state index in [0.717, 1.165) is 46.3 Å². The molecule has 0 bridgehead atoms. The number of ether oxygens (including phenoxy) is 1. The molecule has 0 saturated heterocycles. The summed E-state index contributed by atoms with van der Waals surface area (Å²) in [7, 11) is 0. The normalized spacial score (nSPS) is 42.0. The summed E-state index contributed by atoms with van der Waals surface area (Å²) in [5.41, 5.74) is 2.70. The molecule has 4 aliphatic rings. The molecule has 1 nitrogen and oxygen atoms in total. The number of hydrogen-bond donors (Lipinski definition) is 0. The summed E-state index contributed by atoms with van der Waals surface area (Å²) in [6, 6.07) is 0. The van der Waals surface area contributed by atoms with E-state index in [1.54, 1.807) is 17.3 Å². The van der Waals surface area contributed by atoms with Crippen LogP contribution in [0.25, 0.3) is 0 Å². The number of thioether (sulfide) groups is 1. The van der Waals surface area contributed by atoms with Gasteiger partial charge in [-0.3, -0.25) is 0 Å². The van der Waals surface area contributed by atoms with Crippen LogP contribution in [-0.4, -0.2) is 16.7 Å². The minimum atomic E-state index is 0.308. The van der Waals surface area contributed by atoms with E-state index in [9.17, 15) is 0 Å². The average molecular weight is 477 g/mol. The number of rotatable bonds is 6. The Morgan fingerprint density at radius 2 is 1.88 bits per heavy atom. The lowest BCUT2D eigenvalue weighted by Gasteiger charge is -2.58. The van der Waals surface area contributed by atoms with Gasteiger partial charge in [0.15, 0.2) is 0 Å². The number of allylic oxidation sites excluding steroid dienone is 1. The zero-order valence-electron chi connectivity index (χ0n) is 21.6. The molecule has 3 heteroatoms. The van der Waals surface area contributed by atoms with Crippen molar-refractivity contribution in [3.05, 3.63) is 11.6 Å². The number of fused-ring (bicyclic) bond motifs is 5. The summed E-state index contributed by atoms with van der Waals surface area (Å²) in [6.07, 6.45) is 20.1. The van der Waals surface area contributed by atoms with Gasteiger partial charge in [-0.1, -0.05) is 77.3 Å².